The lowest BCUT2D eigenvalue weighted by Crippen LogP contribution is -2.63. The van der Waals surface area contributed by atoms with E-state index in [-0.39, 0.29) is 33.7 Å². The van der Waals surface area contributed by atoms with E-state index >= 15 is 0 Å². The topological polar surface area (TPSA) is 74.6 Å². The maximum Gasteiger partial charge on any atom is 0.161 e. The van der Waals surface area contributed by atoms with Crippen LogP contribution in [0, 0.1) is 34.0 Å². The van der Waals surface area contributed by atoms with Gasteiger partial charge in [-0.05, 0) is 67.3 Å². The van der Waals surface area contributed by atoms with Crippen LogP contribution in [0.15, 0.2) is 11.6 Å². The Morgan fingerprint density at radius 3 is 2.58 bits per heavy atom. The van der Waals surface area contributed by atoms with Crippen molar-refractivity contribution >= 4 is 11.6 Å². The third kappa shape index (κ3) is 2.09. The van der Waals surface area contributed by atoms with E-state index < -0.39 is 12.7 Å². The standard InChI is InChI=1S/C22H32O4/c1-20-11-19(26)22(3)16(15(20)6-7-17(20)18(25)12-23)5-4-13-10-14(24)8-9-21(13,22)2/h10,15-17,19,23,26H,4-9,11-12H2,1-3H3/t15-,16-,17+,19-,20-,21-,22+/m0/s1. The summed E-state index contributed by atoms with van der Waals surface area (Å²) in [6, 6.07) is 0. The van der Waals surface area contributed by atoms with Crippen LogP contribution in [0.25, 0.3) is 0 Å². The molecule has 0 bridgehead atoms. The van der Waals surface area contributed by atoms with Gasteiger partial charge in [-0.15, -0.1) is 0 Å². The number of allylic oxidation sites excluding steroid dienone is 1. The van der Waals surface area contributed by atoms with Crippen molar-refractivity contribution in [3.8, 4) is 0 Å². The molecular weight excluding hydrogens is 328 g/mol. The number of ketones is 2. The highest BCUT2D eigenvalue weighted by molar-refractivity contribution is 5.91. The van der Waals surface area contributed by atoms with Gasteiger partial charge in [0.2, 0.25) is 0 Å². The number of aliphatic hydroxyl groups is 2. The normalized spacial score (nSPS) is 50.5. The molecule has 0 saturated heterocycles. The zero-order chi connectivity index (χ0) is 18.9. The van der Waals surface area contributed by atoms with E-state index in [0.29, 0.717) is 24.7 Å². The summed E-state index contributed by atoms with van der Waals surface area (Å²) in [5.41, 5.74) is 0.630. The van der Waals surface area contributed by atoms with Crippen LogP contribution < -0.4 is 0 Å². The van der Waals surface area contributed by atoms with Gasteiger partial charge < -0.3 is 10.2 Å². The lowest BCUT2D eigenvalue weighted by Gasteiger charge is -2.66. The van der Waals surface area contributed by atoms with E-state index in [9.17, 15) is 19.8 Å². The van der Waals surface area contributed by atoms with E-state index in [2.05, 4.69) is 20.8 Å². The van der Waals surface area contributed by atoms with Gasteiger partial charge >= 0.3 is 0 Å². The number of hydrogen-bond acceptors (Lipinski definition) is 4. The summed E-state index contributed by atoms with van der Waals surface area (Å²) in [6.45, 7) is 6.28. The zero-order valence-corrected chi connectivity index (χ0v) is 16.3. The molecule has 0 radical (unpaired) electrons. The van der Waals surface area contributed by atoms with Gasteiger partial charge in [0, 0.05) is 17.8 Å². The summed E-state index contributed by atoms with van der Waals surface area (Å²) in [4.78, 5) is 24.4. The molecule has 7 atom stereocenters. The van der Waals surface area contributed by atoms with Crippen molar-refractivity contribution in [2.45, 2.75) is 71.8 Å². The number of rotatable bonds is 2. The zero-order valence-electron chi connectivity index (χ0n) is 16.3. The Bertz CT molecular complexity index is 682. The third-order valence-electron chi connectivity index (χ3n) is 9.36. The van der Waals surface area contributed by atoms with E-state index in [1.54, 1.807) is 0 Å². The molecule has 26 heavy (non-hydrogen) atoms. The average molecular weight is 360 g/mol. The molecular formula is C22H32O4. The fourth-order valence-electron chi connectivity index (χ4n) is 7.66. The summed E-state index contributed by atoms with van der Waals surface area (Å²) in [5, 5.41) is 20.8. The largest absolute Gasteiger partial charge is 0.392 e. The molecule has 0 aromatic rings. The lowest BCUT2D eigenvalue weighted by atomic mass is 9.39. The van der Waals surface area contributed by atoms with E-state index in [1.807, 2.05) is 6.08 Å². The predicted octanol–water partition coefficient (Wildman–Crippen LogP) is 3.06. The Labute approximate surface area is 156 Å². The first kappa shape index (κ1) is 18.4. The first-order chi connectivity index (χ1) is 12.2. The Balaban J connectivity index is 1.77. The number of carbonyl (C=O) groups excluding carboxylic acids is 2. The van der Waals surface area contributed by atoms with Gasteiger partial charge in [-0.1, -0.05) is 26.3 Å². The van der Waals surface area contributed by atoms with E-state index in [1.165, 1.54) is 5.57 Å². The second kappa shape index (κ2) is 5.75. The van der Waals surface area contributed by atoms with Crippen LogP contribution in [0.2, 0.25) is 0 Å². The molecule has 0 heterocycles. The second-order valence-electron chi connectivity index (χ2n) is 9.98. The smallest absolute Gasteiger partial charge is 0.161 e. The number of hydrogen-bond donors (Lipinski definition) is 2. The molecule has 0 aromatic heterocycles. The molecule has 3 fully saturated rings. The van der Waals surface area contributed by atoms with Gasteiger partial charge in [0.15, 0.2) is 11.6 Å². The van der Waals surface area contributed by atoms with E-state index in [0.717, 1.165) is 32.1 Å². The van der Waals surface area contributed by atoms with Crippen LogP contribution in [-0.2, 0) is 9.59 Å². The van der Waals surface area contributed by atoms with E-state index in [4.69, 9.17) is 0 Å². The van der Waals surface area contributed by atoms with Gasteiger partial charge in [-0.2, -0.15) is 0 Å². The minimum atomic E-state index is -0.484. The molecule has 4 aliphatic rings. The molecule has 144 valence electrons. The Kier molecular flexibility index (Phi) is 4.06. The number of fused-ring (bicyclic) bond motifs is 5. The molecule has 0 spiro atoms. The van der Waals surface area contributed by atoms with Gasteiger partial charge in [-0.3, -0.25) is 9.59 Å². The molecule has 4 rings (SSSR count). The van der Waals surface area contributed by atoms with Gasteiger partial charge in [0.05, 0.1) is 6.10 Å². The monoisotopic (exact) mass is 360 g/mol. The first-order valence-electron chi connectivity index (χ1n) is 10.2. The quantitative estimate of drug-likeness (QED) is 0.794. The Morgan fingerprint density at radius 1 is 1.15 bits per heavy atom. The molecule has 4 nitrogen and oxygen atoms in total. The van der Waals surface area contributed by atoms with Crippen LogP contribution in [0.4, 0.5) is 0 Å². The van der Waals surface area contributed by atoms with Crippen molar-refractivity contribution in [3.63, 3.8) is 0 Å². The summed E-state index contributed by atoms with van der Waals surface area (Å²) >= 11 is 0. The van der Waals surface area contributed by atoms with Crippen LogP contribution in [0.5, 0.6) is 0 Å². The Morgan fingerprint density at radius 2 is 1.88 bits per heavy atom. The van der Waals surface area contributed by atoms with Crippen LogP contribution >= 0.6 is 0 Å². The number of Topliss-reactive ketones (excluding diaryl/α,β-unsaturated/α-hetero) is 1. The van der Waals surface area contributed by atoms with Crippen molar-refractivity contribution in [3.05, 3.63) is 11.6 Å². The minimum Gasteiger partial charge on any atom is -0.392 e. The number of carbonyl (C=O) groups is 2. The highest BCUT2D eigenvalue weighted by Gasteiger charge is 2.68. The van der Waals surface area contributed by atoms with Crippen LogP contribution in [-0.4, -0.2) is 34.5 Å². The SMILES string of the molecule is C[C@]12C[C@H](O)[C@@]3(C)[C@@H](CCC4=CC(=O)CC[C@@]43C)[C@@H]1CC[C@@H]2C(=O)CO. The third-order valence-corrected chi connectivity index (χ3v) is 9.36. The maximum atomic E-state index is 12.4. The average Bonchev–Trinajstić information content (AvgIpc) is 2.93. The molecule has 4 heteroatoms. The highest BCUT2D eigenvalue weighted by Crippen LogP contribution is 2.71. The predicted molar refractivity (Wildman–Crippen MR) is 98.3 cm³/mol. The maximum absolute atomic E-state index is 12.4. The fraction of sp³-hybridized carbons (Fsp3) is 0.818. The lowest BCUT2D eigenvalue weighted by molar-refractivity contribution is -0.191. The van der Waals surface area contributed by atoms with Gasteiger partial charge in [0.25, 0.3) is 0 Å². The summed E-state index contributed by atoms with van der Waals surface area (Å²) < 4.78 is 0. The summed E-state index contributed by atoms with van der Waals surface area (Å²) in [5.74, 6) is 0.811. The Hall–Kier alpha value is -1.00. The van der Waals surface area contributed by atoms with Gasteiger partial charge in [-0.25, -0.2) is 0 Å². The van der Waals surface area contributed by atoms with Crippen LogP contribution in [0.3, 0.4) is 0 Å². The first-order valence-corrected chi connectivity index (χ1v) is 10.2. The second-order valence-corrected chi connectivity index (χ2v) is 9.98. The fourth-order valence-corrected chi connectivity index (χ4v) is 7.66. The molecule has 0 unspecified atom stereocenters. The van der Waals surface area contributed by atoms with Crippen molar-refractivity contribution in [1.82, 2.24) is 0 Å². The molecule has 2 N–H and O–H groups in total. The van der Waals surface area contributed by atoms with Crippen molar-refractivity contribution in [2.75, 3.05) is 6.61 Å². The van der Waals surface area contributed by atoms with Crippen LogP contribution in [0.1, 0.15) is 65.7 Å². The van der Waals surface area contributed by atoms with Crippen molar-refractivity contribution in [2.24, 2.45) is 34.0 Å². The van der Waals surface area contributed by atoms with Crippen molar-refractivity contribution < 1.29 is 19.8 Å². The molecule has 0 amide bonds. The number of aliphatic hydroxyl groups excluding tert-OH is 2. The minimum absolute atomic E-state index is 0.0586. The summed E-state index contributed by atoms with van der Waals surface area (Å²) in [6.07, 6.45) is 7.15. The van der Waals surface area contributed by atoms with Gasteiger partial charge in [0.1, 0.15) is 6.61 Å². The molecule has 0 aromatic carbocycles. The molecule has 4 aliphatic carbocycles. The summed E-state index contributed by atoms with van der Waals surface area (Å²) in [7, 11) is 0. The van der Waals surface area contributed by atoms with Crippen molar-refractivity contribution in [1.29, 1.82) is 0 Å². The molecule has 0 aliphatic heterocycles. The highest BCUT2D eigenvalue weighted by atomic mass is 16.3. The molecule has 3 saturated carbocycles.